The molecular weight excluding hydrogens is 182 g/mol. The molecule has 3 heteroatoms. The lowest BCUT2D eigenvalue weighted by Gasteiger charge is -1.99. The van der Waals surface area contributed by atoms with Gasteiger partial charge < -0.3 is 0 Å². The van der Waals surface area contributed by atoms with Crippen LogP contribution >= 0.6 is 0 Å². The van der Waals surface area contributed by atoms with Crippen molar-refractivity contribution in [3.63, 3.8) is 0 Å². The predicted octanol–water partition coefficient (Wildman–Crippen LogP) is 1.77. The molecule has 68 valence electrons. The monoisotopic (exact) mass is 193 g/mol. The summed E-state index contributed by atoms with van der Waals surface area (Å²) in [5.41, 5.74) is 2.19. The second-order valence-electron chi connectivity index (χ2n) is 2.88. The van der Waals surface area contributed by atoms with Crippen molar-refractivity contribution < 1.29 is 4.21 Å². The zero-order chi connectivity index (χ0) is 9.68. The SMILES string of the molecule is Cc1cccc(CS(=O)CC#N)c1. The normalized spacial score (nSPS) is 12.0. The number of hydrogen-bond acceptors (Lipinski definition) is 2. The van der Waals surface area contributed by atoms with Crippen LogP contribution in [0.3, 0.4) is 0 Å². The van der Waals surface area contributed by atoms with Crippen molar-refractivity contribution in [2.45, 2.75) is 12.7 Å². The van der Waals surface area contributed by atoms with Crippen molar-refractivity contribution in [3.8, 4) is 6.07 Å². The highest BCUT2D eigenvalue weighted by molar-refractivity contribution is 7.84. The third-order valence-electron chi connectivity index (χ3n) is 1.64. The van der Waals surface area contributed by atoms with Gasteiger partial charge in [-0.25, -0.2) is 0 Å². The quantitative estimate of drug-likeness (QED) is 0.734. The van der Waals surface area contributed by atoms with E-state index in [-0.39, 0.29) is 5.75 Å². The first-order chi connectivity index (χ1) is 6.22. The summed E-state index contributed by atoms with van der Waals surface area (Å²) in [6, 6.07) is 9.77. The highest BCUT2D eigenvalue weighted by Gasteiger charge is 2.00. The van der Waals surface area contributed by atoms with Gasteiger partial charge in [-0.05, 0) is 12.5 Å². The first-order valence-electron chi connectivity index (χ1n) is 4.00. The van der Waals surface area contributed by atoms with Crippen molar-refractivity contribution in [1.29, 1.82) is 5.26 Å². The Morgan fingerprint density at radius 2 is 2.31 bits per heavy atom. The molecule has 0 aliphatic heterocycles. The van der Waals surface area contributed by atoms with Crippen molar-refractivity contribution in [2.75, 3.05) is 5.75 Å². The van der Waals surface area contributed by atoms with Gasteiger partial charge in [0.1, 0.15) is 5.75 Å². The molecule has 0 aliphatic rings. The van der Waals surface area contributed by atoms with E-state index >= 15 is 0 Å². The zero-order valence-electron chi connectivity index (χ0n) is 7.49. The van der Waals surface area contributed by atoms with Crippen molar-refractivity contribution in [2.24, 2.45) is 0 Å². The second-order valence-corrected chi connectivity index (χ2v) is 4.33. The summed E-state index contributed by atoms with van der Waals surface area (Å²) in [5.74, 6) is 0.600. The largest absolute Gasteiger partial charge is 0.258 e. The molecule has 1 unspecified atom stereocenters. The molecule has 0 aliphatic carbocycles. The van der Waals surface area contributed by atoms with Crippen LogP contribution < -0.4 is 0 Å². The van der Waals surface area contributed by atoms with Crippen LogP contribution in [0.2, 0.25) is 0 Å². The van der Waals surface area contributed by atoms with E-state index in [4.69, 9.17) is 5.26 Å². The molecule has 0 fully saturated rings. The van der Waals surface area contributed by atoms with E-state index in [0.717, 1.165) is 11.1 Å². The van der Waals surface area contributed by atoms with Gasteiger partial charge in [-0.2, -0.15) is 5.26 Å². The lowest BCUT2D eigenvalue weighted by Crippen LogP contribution is -1.98. The lowest BCUT2D eigenvalue weighted by molar-refractivity contribution is 0.684. The first-order valence-corrected chi connectivity index (χ1v) is 5.48. The molecule has 13 heavy (non-hydrogen) atoms. The minimum Gasteiger partial charge on any atom is -0.258 e. The van der Waals surface area contributed by atoms with Crippen molar-refractivity contribution in [3.05, 3.63) is 35.4 Å². The van der Waals surface area contributed by atoms with Gasteiger partial charge in [-0.1, -0.05) is 29.8 Å². The minimum absolute atomic E-state index is 0.119. The van der Waals surface area contributed by atoms with E-state index in [1.165, 1.54) is 0 Å². The summed E-state index contributed by atoms with van der Waals surface area (Å²) in [6.07, 6.45) is 0. The Morgan fingerprint density at radius 3 is 2.92 bits per heavy atom. The zero-order valence-corrected chi connectivity index (χ0v) is 8.30. The van der Waals surface area contributed by atoms with Gasteiger partial charge in [0.25, 0.3) is 0 Å². The molecule has 0 radical (unpaired) electrons. The Hall–Kier alpha value is -1.14. The number of rotatable bonds is 3. The van der Waals surface area contributed by atoms with Crippen LogP contribution in [0.5, 0.6) is 0 Å². The van der Waals surface area contributed by atoms with E-state index in [1.807, 2.05) is 37.3 Å². The standard InChI is InChI=1S/C10H11NOS/c1-9-3-2-4-10(7-9)8-13(12)6-5-11/h2-4,7H,6,8H2,1H3. The van der Waals surface area contributed by atoms with Crippen LogP contribution in [0, 0.1) is 18.3 Å². The van der Waals surface area contributed by atoms with Crippen molar-refractivity contribution >= 4 is 10.8 Å². The van der Waals surface area contributed by atoms with Crippen LogP contribution in [0.25, 0.3) is 0 Å². The Morgan fingerprint density at radius 1 is 1.54 bits per heavy atom. The summed E-state index contributed by atoms with van der Waals surface area (Å²) in [4.78, 5) is 0. The maximum Gasteiger partial charge on any atom is 0.111 e. The smallest absolute Gasteiger partial charge is 0.111 e. The van der Waals surface area contributed by atoms with Gasteiger partial charge >= 0.3 is 0 Å². The van der Waals surface area contributed by atoms with E-state index in [2.05, 4.69) is 0 Å². The summed E-state index contributed by atoms with van der Waals surface area (Å²) in [7, 11) is -1.04. The van der Waals surface area contributed by atoms with Gasteiger partial charge in [-0.15, -0.1) is 0 Å². The molecule has 1 aromatic carbocycles. The molecule has 0 amide bonds. The first kappa shape index (κ1) is 9.94. The molecule has 1 rings (SSSR count). The fourth-order valence-electron chi connectivity index (χ4n) is 1.11. The summed E-state index contributed by atoms with van der Waals surface area (Å²) < 4.78 is 11.2. The fourth-order valence-corrected chi connectivity index (χ4v) is 1.91. The maximum atomic E-state index is 11.2. The van der Waals surface area contributed by atoms with Crippen LogP contribution in [0.1, 0.15) is 11.1 Å². The molecule has 0 heterocycles. The molecule has 2 nitrogen and oxygen atoms in total. The van der Waals surface area contributed by atoms with Crippen LogP contribution in [0.4, 0.5) is 0 Å². The summed E-state index contributed by atoms with van der Waals surface area (Å²) in [5, 5.41) is 8.33. The average molecular weight is 193 g/mol. The van der Waals surface area contributed by atoms with Gasteiger partial charge in [0, 0.05) is 16.6 Å². The molecule has 0 N–H and O–H groups in total. The number of benzene rings is 1. The molecule has 1 aromatic rings. The highest BCUT2D eigenvalue weighted by Crippen LogP contribution is 2.06. The number of aryl methyl sites for hydroxylation is 1. The molecule has 0 aromatic heterocycles. The van der Waals surface area contributed by atoms with Gasteiger partial charge in [0.2, 0.25) is 0 Å². The van der Waals surface area contributed by atoms with Crippen molar-refractivity contribution in [1.82, 2.24) is 0 Å². The maximum absolute atomic E-state index is 11.2. The second kappa shape index (κ2) is 4.78. The molecule has 0 saturated heterocycles. The van der Waals surface area contributed by atoms with Gasteiger partial charge in [0.15, 0.2) is 0 Å². The Balaban J connectivity index is 2.65. The highest BCUT2D eigenvalue weighted by atomic mass is 32.2. The number of nitriles is 1. The Labute approximate surface area is 80.7 Å². The third kappa shape index (κ3) is 3.39. The van der Waals surface area contributed by atoms with E-state index in [1.54, 1.807) is 0 Å². The molecule has 0 bridgehead atoms. The fraction of sp³-hybridized carbons (Fsp3) is 0.300. The molecule has 0 saturated carbocycles. The number of nitrogens with zero attached hydrogens (tertiary/aromatic N) is 1. The van der Waals surface area contributed by atoms with E-state index in [9.17, 15) is 4.21 Å². The van der Waals surface area contributed by atoms with Crippen LogP contribution in [-0.4, -0.2) is 9.96 Å². The molecule has 1 atom stereocenters. The molecular formula is C10H11NOS. The summed E-state index contributed by atoms with van der Waals surface area (Å²) >= 11 is 0. The Bertz CT molecular complexity index is 354. The molecule has 0 spiro atoms. The summed E-state index contributed by atoms with van der Waals surface area (Å²) in [6.45, 7) is 2.00. The average Bonchev–Trinajstić information content (AvgIpc) is 2.04. The lowest BCUT2D eigenvalue weighted by atomic mass is 10.2. The van der Waals surface area contributed by atoms with Gasteiger partial charge in [-0.3, -0.25) is 4.21 Å². The Kier molecular flexibility index (Phi) is 3.66. The van der Waals surface area contributed by atoms with E-state index < -0.39 is 10.8 Å². The van der Waals surface area contributed by atoms with E-state index in [0.29, 0.717) is 5.75 Å². The van der Waals surface area contributed by atoms with Crippen LogP contribution in [0.15, 0.2) is 24.3 Å². The minimum atomic E-state index is -1.04. The third-order valence-corrected chi connectivity index (χ3v) is 2.74. The van der Waals surface area contributed by atoms with Crippen LogP contribution in [-0.2, 0) is 16.6 Å². The topological polar surface area (TPSA) is 40.9 Å². The predicted molar refractivity (Wildman–Crippen MR) is 53.5 cm³/mol. The number of hydrogen-bond donors (Lipinski definition) is 0. The van der Waals surface area contributed by atoms with Gasteiger partial charge in [0.05, 0.1) is 6.07 Å².